The van der Waals surface area contributed by atoms with Gasteiger partial charge in [0.15, 0.2) is 0 Å². The van der Waals surface area contributed by atoms with Gasteiger partial charge in [0.25, 0.3) is 0 Å². The average Bonchev–Trinajstić information content (AvgIpc) is 2.28. The summed E-state index contributed by atoms with van der Waals surface area (Å²) in [5.41, 5.74) is 0.341. The van der Waals surface area contributed by atoms with Crippen LogP contribution in [0.15, 0.2) is 41.3 Å². The van der Waals surface area contributed by atoms with Gasteiger partial charge in [-0.05, 0) is 24.0 Å². The molecule has 2 rings (SSSR count). The van der Waals surface area contributed by atoms with E-state index in [0.717, 1.165) is 17.0 Å². The van der Waals surface area contributed by atoms with Crippen molar-refractivity contribution in [3.05, 3.63) is 48.0 Å². The van der Waals surface area contributed by atoms with Crippen LogP contribution in [0.5, 0.6) is 5.75 Å². The highest BCUT2D eigenvalue weighted by Crippen LogP contribution is 2.30. The van der Waals surface area contributed by atoms with Crippen LogP contribution in [-0.4, -0.2) is 11.4 Å². The van der Waals surface area contributed by atoms with Crippen molar-refractivity contribution >= 4 is 11.8 Å². The van der Waals surface area contributed by atoms with Crippen LogP contribution in [0.3, 0.4) is 0 Å². The third-order valence-electron chi connectivity index (χ3n) is 2.41. The van der Waals surface area contributed by atoms with E-state index < -0.39 is 17.4 Å². The molecule has 0 radical (unpaired) electrons. The second-order valence-electron chi connectivity index (χ2n) is 3.51. The van der Waals surface area contributed by atoms with E-state index in [1.165, 1.54) is 0 Å². The molecular weight excluding hydrogens is 242 g/mol. The van der Waals surface area contributed by atoms with Gasteiger partial charge in [-0.1, -0.05) is 12.1 Å². The van der Waals surface area contributed by atoms with Gasteiger partial charge >= 0.3 is 0 Å². The molecule has 0 heterocycles. The Labute approximate surface area is 102 Å². The summed E-state index contributed by atoms with van der Waals surface area (Å²) in [4.78, 5) is 1.02. The van der Waals surface area contributed by atoms with Crippen LogP contribution in [-0.2, 0) is 0 Å². The van der Waals surface area contributed by atoms with E-state index in [4.69, 9.17) is 5.11 Å². The third kappa shape index (κ3) is 2.42. The quantitative estimate of drug-likeness (QED) is 0.813. The fraction of sp³-hybridized carbons (Fsp3) is 0.0769. The maximum absolute atomic E-state index is 13.6. The van der Waals surface area contributed by atoms with Gasteiger partial charge in [-0.2, -0.15) is 0 Å². The first-order valence-corrected chi connectivity index (χ1v) is 6.16. The fourth-order valence-electron chi connectivity index (χ4n) is 1.59. The lowest BCUT2D eigenvalue weighted by molar-refractivity contribution is 0.461. The zero-order valence-corrected chi connectivity index (χ0v) is 9.89. The predicted octanol–water partition coefficient (Wildman–Crippen LogP) is 4.06. The lowest BCUT2D eigenvalue weighted by Gasteiger charge is -2.06. The molecule has 0 aromatic heterocycles. The Bertz CT molecular complexity index is 515. The summed E-state index contributed by atoms with van der Waals surface area (Å²) in [5, 5.41) is 9.06. The highest BCUT2D eigenvalue weighted by atomic mass is 32.2. The summed E-state index contributed by atoms with van der Waals surface area (Å²) in [7, 11) is 0. The monoisotopic (exact) mass is 252 g/mol. The van der Waals surface area contributed by atoms with Gasteiger partial charge in [0, 0.05) is 17.0 Å². The second-order valence-corrected chi connectivity index (χ2v) is 4.39. The van der Waals surface area contributed by atoms with Crippen LogP contribution in [0, 0.1) is 11.6 Å². The van der Waals surface area contributed by atoms with E-state index in [-0.39, 0.29) is 5.56 Å². The Morgan fingerprint density at radius 1 is 1.00 bits per heavy atom. The van der Waals surface area contributed by atoms with Crippen LogP contribution >= 0.6 is 11.8 Å². The van der Waals surface area contributed by atoms with E-state index in [9.17, 15) is 8.78 Å². The predicted molar refractivity (Wildman–Crippen MR) is 65.2 cm³/mol. The molecule has 1 nitrogen and oxygen atoms in total. The van der Waals surface area contributed by atoms with Crippen molar-refractivity contribution in [3.63, 3.8) is 0 Å². The summed E-state index contributed by atoms with van der Waals surface area (Å²) in [6.07, 6.45) is 1.93. The minimum atomic E-state index is -0.764. The number of thioether (sulfide) groups is 1. The molecule has 2 aromatic carbocycles. The number of rotatable bonds is 2. The van der Waals surface area contributed by atoms with Gasteiger partial charge in [-0.25, -0.2) is 8.78 Å². The van der Waals surface area contributed by atoms with Crippen LogP contribution in [0.2, 0.25) is 0 Å². The number of phenols is 1. The number of hydrogen-bond acceptors (Lipinski definition) is 2. The number of aromatic hydroxyl groups is 1. The van der Waals surface area contributed by atoms with E-state index in [1.54, 1.807) is 36.0 Å². The number of benzene rings is 2. The van der Waals surface area contributed by atoms with E-state index >= 15 is 0 Å². The highest BCUT2D eigenvalue weighted by molar-refractivity contribution is 7.98. The maximum Gasteiger partial charge on any atom is 0.137 e. The molecule has 0 bridgehead atoms. The Balaban J connectivity index is 2.52. The Kier molecular flexibility index (Phi) is 3.33. The molecule has 4 heteroatoms. The second kappa shape index (κ2) is 4.75. The van der Waals surface area contributed by atoms with E-state index in [2.05, 4.69) is 0 Å². The molecular formula is C13H10F2OS. The molecule has 0 spiro atoms. The lowest BCUT2D eigenvalue weighted by Crippen LogP contribution is -1.90. The molecule has 0 saturated heterocycles. The first-order valence-electron chi connectivity index (χ1n) is 4.94. The normalized spacial score (nSPS) is 10.5. The molecule has 88 valence electrons. The summed E-state index contributed by atoms with van der Waals surface area (Å²) in [6.45, 7) is 0. The van der Waals surface area contributed by atoms with E-state index in [1.807, 2.05) is 6.26 Å². The summed E-state index contributed by atoms with van der Waals surface area (Å²) >= 11 is 1.56. The van der Waals surface area contributed by atoms with E-state index in [0.29, 0.717) is 5.56 Å². The molecule has 2 aromatic rings. The third-order valence-corrected chi connectivity index (χ3v) is 3.15. The number of hydrogen-bond donors (Lipinski definition) is 1. The molecule has 0 aliphatic rings. The lowest BCUT2D eigenvalue weighted by atomic mass is 10.0. The van der Waals surface area contributed by atoms with Crippen LogP contribution < -0.4 is 0 Å². The molecule has 0 aliphatic heterocycles. The van der Waals surface area contributed by atoms with Gasteiger partial charge in [-0.15, -0.1) is 11.8 Å². The van der Waals surface area contributed by atoms with Crippen molar-refractivity contribution in [1.29, 1.82) is 0 Å². The minimum absolute atomic E-state index is 0.115. The summed E-state index contributed by atoms with van der Waals surface area (Å²) in [5.74, 6) is -1.94. The zero-order valence-electron chi connectivity index (χ0n) is 9.08. The van der Waals surface area contributed by atoms with Crippen molar-refractivity contribution in [1.82, 2.24) is 0 Å². The molecule has 0 unspecified atom stereocenters. The van der Waals surface area contributed by atoms with Crippen LogP contribution in [0.4, 0.5) is 8.78 Å². The average molecular weight is 252 g/mol. The first kappa shape index (κ1) is 11.9. The zero-order chi connectivity index (χ0) is 12.4. The molecule has 17 heavy (non-hydrogen) atoms. The largest absolute Gasteiger partial charge is 0.508 e. The standard InChI is InChI=1S/C13H10F2OS/c1-17-10-4-2-8(3-5-10)13-11(14)6-9(16)7-12(13)15/h2-7,16H,1H3. The van der Waals surface area contributed by atoms with Crippen LogP contribution in [0.25, 0.3) is 11.1 Å². The first-order chi connectivity index (χ1) is 8.11. The summed E-state index contributed by atoms with van der Waals surface area (Å²) < 4.78 is 27.1. The van der Waals surface area contributed by atoms with Crippen molar-refractivity contribution < 1.29 is 13.9 Å². The Morgan fingerprint density at radius 3 is 2.00 bits per heavy atom. The maximum atomic E-state index is 13.6. The topological polar surface area (TPSA) is 20.2 Å². The molecule has 0 fully saturated rings. The minimum Gasteiger partial charge on any atom is -0.508 e. The van der Waals surface area contributed by atoms with Gasteiger partial charge < -0.3 is 5.11 Å². The number of phenolic OH excluding ortho intramolecular Hbond substituents is 1. The number of halogens is 2. The molecule has 0 atom stereocenters. The molecule has 0 amide bonds. The van der Waals surface area contributed by atoms with Crippen molar-refractivity contribution in [2.24, 2.45) is 0 Å². The highest BCUT2D eigenvalue weighted by Gasteiger charge is 2.12. The molecule has 1 N–H and O–H groups in total. The molecule has 0 saturated carbocycles. The SMILES string of the molecule is CSc1ccc(-c2c(F)cc(O)cc2F)cc1. The van der Waals surface area contributed by atoms with Gasteiger partial charge in [-0.3, -0.25) is 0 Å². The fourth-order valence-corrected chi connectivity index (χ4v) is 2.00. The Hall–Kier alpha value is -1.55. The summed E-state index contributed by atoms with van der Waals surface area (Å²) in [6, 6.07) is 8.72. The van der Waals surface area contributed by atoms with Gasteiger partial charge in [0.2, 0.25) is 0 Å². The molecule has 0 aliphatic carbocycles. The van der Waals surface area contributed by atoms with Crippen molar-refractivity contribution in [3.8, 4) is 16.9 Å². The van der Waals surface area contributed by atoms with Gasteiger partial charge in [0.1, 0.15) is 17.4 Å². The Morgan fingerprint density at radius 2 is 1.53 bits per heavy atom. The van der Waals surface area contributed by atoms with Crippen molar-refractivity contribution in [2.45, 2.75) is 4.90 Å². The van der Waals surface area contributed by atoms with Gasteiger partial charge in [0.05, 0.1) is 5.56 Å². The van der Waals surface area contributed by atoms with Crippen LogP contribution in [0.1, 0.15) is 0 Å². The van der Waals surface area contributed by atoms with Crippen molar-refractivity contribution in [2.75, 3.05) is 6.26 Å². The smallest absolute Gasteiger partial charge is 0.137 e.